The lowest BCUT2D eigenvalue weighted by molar-refractivity contribution is 0.0902. The van der Waals surface area contributed by atoms with Crippen molar-refractivity contribution in [3.63, 3.8) is 0 Å². The monoisotopic (exact) mass is 319 g/mol. The first-order valence-corrected chi connectivity index (χ1v) is 7.10. The van der Waals surface area contributed by atoms with Crippen LogP contribution in [0.5, 0.6) is 0 Å². The van der Waals surface area contributed by atoms with E-state index in [0.29, 0.717) is 4.88 Å². The molecule has 0 saturated carbocycles. The molecule has 0 saturated heterocycles. The molecule has 1 rings (SSSR count). The van der Waals surface area contributed by atoms with Crippen molar-refractivity contribution in [2.75, 3.05) is 6.61 Å². The van der Waals surface area contributed by atoms with Gasteiger partial charge >= 0.3 is 0 Å². The Labute approximate surface area is 114 Å². The van der Waals surface area contributed by atoms with Gasteiger partial charge in [0, 0.05) is 0 Å². The van der Waals surface area contributed by atoms with Gasteiger partial charge in [-0.2, -0.15) is 0 Å². The van der Waals surface area contributed by atoms with E-state index in [2.05, 4.69) is 42.0 Å². The molecule has 0 aliphatic rings. The van der Waals surface area contributed by atoms with Gasteiger partial charge in [-0.05, 0) is 39.9 Å². The van der Waals surface area contributed by atoms with Gasteiger partial charge in [-0.25, -0.2) is 0 Å². The Kier molecular flexibility index (Phi) is 5.16. The highest BCUT2D eigenvalue weighted by Crippen LogP contribution is 2.23. The smallest absolute Gasteiger partial charge is 0.261 e. The van der Waals surface area contributed by atoms with Crippen LogP contribution in [-0.4, -0.2) is 23.7 Å². The molecule has 5 heteroatoms. The molecule has 0 radical (unpaired) electrons. The summed E-state index contributed by atoms with van der Waals surface area (Å²) < 4.78 is 0.930. The van der Waals surface area contributed by atoms with Crippen LogP contribution in [0.4, 0.5) is 0 Å². The van der Waals surface area contributed by atoms with E-state index in [1.54, 1.807) is 6.07 Å². The zero-order chi connectivity index (χ0) is 13.1. The summed E-state index contributed by atoms with van der Waals surface area (Å²) in [7, 11) is 0. The van der Waals surface area contributed by atoms with Crippen molar-refractivity contribution in [3.05, 3.63) is 20.8 Å². The van der Waals surface area contributed by atoms with Gasteiger partial charge in [-0.1, -0.05) is 20.8 Å². The standard InChI is InChI=1S/C12H18BrNO2S/c1-12(2,3)6-8(7-15)14-11(16)9-4-5-10(13)17-9/h4-5,8,15H,6-7H2,1-3H3,(H,14,16). The maximum absolute atomic E-state index is 11.9. The summed E-state index contributed by atoms with van der Waals surface area (Å²) in [5.41, 5.74) is 0.0801. The Morgan fingerprint density at radius 1 is 1.53 bits per heavy atom. The number of aliphatic hydroxyl groups is 1. The molecule has 0 bridgehead atoms. The van der Waals surface area contributed by atoms with E-state index in [-0.39, 0.29) is 24.0 Å². The number of amides is 1. The number of carbonyl (C=O) groups is 1. The number of thiophene rings is 1. The summed E-state index contributed by atoms with van der Waals surface area (Å²) in [6.45, 7) is 6.23. The zero-order valence-corrected chi connectivity index (χ0v) is 12.7. The number of hydrogen-bond donors (Lipinski definition) is 2. The first-order valence-electron chi connectivity index (χ1n) is 5.49. The summed E-state index contributed by atoms with van der Waals surface area (Å²) in [5.74, 6) is -0.121. The predicted molar refractivity (Wildman–Crippen MR) is 74.4 cm³/mol. The number of nitrogens with one attached hydrogen (secondary N) is 1. The fourth-order valence-electron chi connectivity index (χ4n) is 1.59. The lowest BCUT2D eigenvalue weighted by Gasteiger charge is -2.25. The quantitative estimate of drug-likeness (QED) is 0.896. The maximum Gasteiger partial charge on any atom is 0.261 e. The van der Waals surface area contributed by atoms with E-state index in [9.17, 15) is 9.90 Å². The van der Waals surface area contributed by atoms with Gasteiger partial charge in [-0.3, -0.25) is 4.79 Å². The molecule has 2 N–H and O–H groups in total. The summed E-state index contributed by atoms with van der Waals surface area (Å²) in [4.78, 5) is 12.5. The minimum Gasteiger partial charge on any atom is -0.394 e. The molecular formula is C12H18BrNO2S. The molecular weight excluding hydrogens is 302 g/mol. The molecule has 96 valence electrons. The number of aliphatic hydroxyl groups excluding tert-OH is 1. The number of halogens is 1. The van der Waals surface area contributed by atoms with E-state index < -0.39 is 0 Å². The molecule has 0 aromatic carbocycles. The zero-order valence-electron chi connectivity index (χ0n) is 10.3. The molecule has 1 heterocycles. The van der Waals surface area contributed by atoms with E-state index in [1.807, 2.05) is 6.07 Å². The Hall–Kier alpha value is -0.390. The SMILES string of the molecule is CC(C)(C)CC(CO)NC(=O)c1ccc(Br)s1. The van der Waals surface area contributed by atoms with Crippen LogP contribution in [0.3, 0.4) is 0 Å². The maximum atomic E-state index is 11.9. The molecule has 0 aliphatic carbocycles. The highest BCUT2D eigenvalue weighted by Gasteiger charge is 2.20. The molecule has 0 aliphatic heterocycles. The van der Waals surface area contributed by atoms with E-state index in [0.717, 1.165) is 10.2 Å². The van der Waals surface area contributed by atoms with Crippen molar-refractivity contribution in [2.24, 2.45) is 5.41 Å². The van der Waals surface area contributed by atoms with Crippen LogP contribution in [-0.2, 0) is 0 Å². The van der Waals surface area contributed by atoms with Crippen LogP contribution in [0, 0.1) is 5.41 Å². The van der Waals surface area contributed by atoms with Crippen molar-refractivity contribution in [3.8, 4) is 0 Å². The predicted octanol–water partition coefficient (Wildman–Crippen LogP) is 3.04. The topological polar surface area (TPSA) is 49.3 Å². The van der Waals surface area contributed by atoms with Crippen molar-refractivity contribution in [1.29, 1.82) is 0 Å². The molecule has 1 amide bonds. The largest absolute Gasteiger partial charge is 0.394 e. The van der Waals surface area contributed by atoms with Crippen LogP contribution in [0.15, 0.2) is 15.9 Å². The van der Waals surface area contributed by atoms with Crippen LogP contribution < -0.4 is 5.32 Å². The summed E-state index contributed by atoms with van der Waals surface area (Å²) in [6.07, 6.45) is 0.752. The highest BCUT2D eigenvalue weighted by molar-refractivity contribution is 9.11. The van der Waals surface area contributed by atoms with Gasteiger partial charge in [0.05, 0.1) is 21.3 Å². The second kappa shape index (κ2) is 5.98. The molecule has 0 spiro atoms. The third-order valence-electron chi connectivity index (χ3n) is 2.21. The van der Waals surface area contributed by atoms with Crippen LogP contribution >= 0.6 is 27.3 Å². The van der Waals surface area contributed by atoms with Crippen LogP contribution in [0.1, 0.15) is 36.9 Å². The minimum atomic E-state index is -0.191. The van der Waals surface area contributed by atoms with Crippen LogP contribution in [0.2, 0.25) is 0 Å². The third kappa shape index (κ3) is 5.19. The molecule has 3 nitrogen and oxygen atoms in total. The van der Waals surface area contributed by atoms with Crippen molar-refractivity contribution < 1.29 is 9.90 Å². The second-order valence-corrected chi connectivity index (χ2v) is 7.68. The second-order valence-electron chi connectivity index (χ2n) is 5.22. The van der Waals surface area contributed by atoms with Crippen molar-refractivity contribution >= 4 is 33.2 Å². The van der Waals surface area contributed by atoms with Crippen molar-refractivity contribution in [2.45, 2.75) is 33.2 Å². The minimum absolute atomic E-state index is 0.0322. The van der Waals surface area contributed by atoms with Crippen LogP contribution in [0.25, 0.3) is 0 Å². The third-order valence-corrected chi connectivity index (χ3v) is 3.83. The lowest BCUT2D eigenvalue weighted by Crippen LogP contribution is -2.39. The Morgan fingerprint density at radius 2 is 2.18 bits per heavy atom. The lowest BCUT2D eigenvalue weighted by atomic mass is 9.88. The van der Waals surface area contributed by atoms with Gasteiger partial charge < -0.3 is 10.4 Å². The molecule has 1 aromatic rings. The normalized spacial score (nSPS) is 13.5. The number of hydrogen-bond acceptors (Lipinski definition) is 3. The first kappa shape index (κ1) is 14.7. The summed E-state index contributed by atoms with van der Waals surface area (Å²) in [5, 5.41) is 12.1. The fraction of sp³-hybridized carbons (Fsp3) is 0.583. The van der Waals surface area contributed by atoms with E-state index >= 15 is 0 Å². The van der Waals surface area contributed by atoms with Gasteiger partial charge in [0.25, 0.3) is 5.91 Å². The summed E-state index contributed by atoms with van der Waals surface area (Å²) in [6, 6.07) is 3.43. The molecule has 1 aromatic heterocycles. The van der Waals surface area contributed by atoms with Crippen molar-refractivity contribution in [1.82, 2.24) is 5.32 Å². The van der Waals surface area contributed by atoms with Gasteiger partial charge in [-0.15, -0.1) is 11.3 Å². The highest BCUT2D eigenvalue weighted by atomic mass is 79.9. The fourth-order valence-corrected chi connectivity index (χ4v) is 2.88. The number of rotatable bonds is 4. The Bertz CT molecular complexity index is 384. The number of carbonyl (C=O) groups excluding carboxylic acids is 1. The Balaban J connectivity index is 2.60. The molecule has 1 unspecified atom stereocenters. The van der Waals surface area contributed by atoms with E-state index in [4.69, 9.17) is 0 Å². The van der Waals surface area contributed by atoms with Gasteiger partial charge in [0.15, 0.2) is 0 Å². The van der Waals surface area contributed by atoms with Gasteiger partial charge in [0.1, 0.15) is 0 Å². The first-order chi connectivity index (χ1) is 7.81. The van der Waals surface area contributed by atoms with Gasteiger partial charge in [0.2, 0.25) is 0 Å². The molecule has 1 atom stereocenters. The molecule has 0 fully saturated rings. The summed E-state index contributed by atoms with van der Waals surface area (Å²) >= 11 is 4.71. The Morgan fingerprint density at radius 3 is 2.59 bits per heavy atom. The average Bonchev–Trinajstić information content (AvgIpc) is 2.61. The average molecular weight is 320 g/mol. The molecule has 17 heavy (non-hydrogen) atoms. The van der Waals surface area contributed by atoms with E-state index in [1.165, 1.54) is 11.3 Å².